The van der Waals surface area contributed by atoms with Gasteiger partial charge in [0.2, 0.25) is 0 Å². The predicted octanol–water partition coefficient (Wildman–Crippen LogP) is 4.65. The Kier molecular flexibility index (Phi) is 6.59. The van der Waals surface area contributed by atoms with Crippen LogP contribution in [0.4, 0.5) is 5.69 Å². The minimum absolute atomic E-state index is 0.194. The molecule has 166 valence electrons. The fraction of sp³-hybridized carbons (Fsp3) is 0.160. The summed E-state index contributed by atoms with van der Waals surface area (Å²) in [5.41, 5.74) is 1.91. The molecule has 0 radical (unpaired) electrons. The molecule has 1 heterocycles. The summed E-state index contributed by atoms with van der Waals surface area (Å²) in [5, 5.41) is 9.36. The Hall–Kier alpha value is -3.47. The molecule has 3 aromatic rings. The third-order valence-corrected chi connectivity index (χ3v) is 7.13. The highest BCUT2D eigenvalue weighted by Crippen LogP contribution is 2.36. The van der Waals surface area contributed by atoms with Gasteiger partial charge in [0.05, 0.1) is 50.9 Å². The topological polar surface area (TPSA) is 81.5 Å². The molecule has 0 unspecified atom stereocenters. The van der Waals surface area contributed by atoms with Crippen molar-refractivity contribution in [2.24, 2.45) is 0 Å². The lowest BCUT2D eigenvalue weighted by molar-refractivity contribution is 0.0797. The van der Waals surface area contributed by atoms with Gasteiger partial charge in [-0.3, -0.25) is 9.59 Å². The second-order valence-corrected chi connectivity index (χ2v) is 9.46. The third kappa shape index (κ3) is 4.54. The van der Waals surface area contributed by atoms with Crippen LogP contribution in [0.1, 0.15) is 32.7 Å². The van der Waals surface area contributed by atoms with E-state index in [0.717, 1.165) is 5.56 Å². The summed E-state index contributed by atoms with van der Waals surface area (Å²) in [6.07, 6.45) is 0.214. The second-order valence-electron chi connectivity index (χ2n) is 7.60. The van der Waals surface area contributed by atoms with E-state index >= 15 is 0 Å². The molecule has 0 aliphatic carbocycles. The Morgan fingerprint density at radius 1 is 1.09 bits per heavy atom. The van der Waals surface area contributed by atoms with Crippen LogP contribution < -0.4 is 4.90 Å². The molecular weight excluding hydrogens is 458 g/mol. The average molecular weight is 478 g/mol. The number of hydrogen-bond donors (Lipinski definition) is 0. The normalized spacial score (nSPS) is 14.6. The summed E-state index contributed by atoms with van der Waals surface area (Å²) in [5.74, 6) is -0.587. The number of benzene rings is 3. The third-order valence-electron chi connectivity index (χ3n) is 5.39. The fourth-order valence-corrected chi connectivity index (χ4v) is 5.27. The molecule has 1 atom stereocenters. The van der Waals surface area contributed by atoms with Crippen molar-refractivity contribution < 1.29 is 13.8 Å². The van der Waals surface area contributed by atoms with E-state index in [9.17, 15) is 13.8 Å². The maximum absolute atomic E-state index is 13.6. The van der Waals surface area contributed by atoms with Gasteiger partial charge in [0.1, 0.15) is 0 Å². The number of nitrogens with zero attached hydrogens (tertiary/aromatic N) is 3. The lowest BCUT2D eigenvalue weighted by atomic mass is 10.1. The van der Waals surface area contributed by atoms with Gasteiger partial charge in [-0.05, 0) is 48.0 Å². The van der Waals surface area contributed by atoms with Crippen molar-refractivity contribution in [2.45, 2.75) is 22.8 Å². The van der Waals surface area contributed by atoms with Crippen LogP contribution in [0, 0.1) is 11.3 Å². The zero-order valence-corrected chi connectivity index (χ0v) is 19.4. The number of amides is 2. The molecule has 0 saturated carbocycles. The van der Waals surface area contributed by atoms with Crippen molar-refractivity contribution in [3.63, 3.8) is 0 Å². The van der Waals surface area contributed by atoms with Gasteiger partial charge in [0.15, 0.2) is 0 Å². The molecule has 3 aromatic carbocycles. The Morgan fingerprint density at radius 2 is 1.88 bits per heavy atom. The number of anilines is 1. The van der Waals surface area contributed by atoms with E-state index in [4.69, 9.17) is 16.9 Å². The first-order chi connectivity index (χ1) is 15.9. The number of carbonyl (C=O) groups is 2. The van der Waals surface area contributed by atoms with Crippen LogP contribution in [-0.2, 0) is 17.3 Å². The van der Waals surface area contributed by atoms with Gasteiger partial charge < -0.3 is 9.80 Å². The number of hydrogen-bond acceptors (Lipinski definition) is 4. The molecule has 6 nitrogen and oxygen atoms in total. The van der Waals surface area contributed by atoms with Crippen molar-refractivity contribution in [3.8, 4) is 6.07 Å². The van der Waals surface area contributed by atoms with E-state index in [-0.39, 0.29) is 31.3 Å². The van der Waals surface area contributed by atoms with E-state index in [1.54, 1.807) is 67.7 Å². The van der Waals surface area contributed by atoms with Crippen molar-refractivity contribution in [1.29, 1.82) is 5.26 Å². The van der Waals surface area contributed by atoms with Gasteiger partial charge in [0, 0.05) is 24.2 Å². The standard InChI is InChI=1S/C25H20ClN3O3S/c1-28(13-5-12-27)24(30)18-10-11-23-21(15-18)29(16-17-6-4-7-19(26)14-17)25(31)20-8-2-3-9-22(20)33(23)32/h2-4,6-11,14-15H,5,13,16H2,1H3/t33-/m0/s1. The highest BCUT2D eigenvalue weighted by atomic mass is 35.5. The Morgan fingerprint density at radius 3 is 2.64 bits per heavy atom. The van der Waals surface area contributed by atoms with Gasteiger partial charge in [-0.1, -0.05) is 35.9 Å². The molecule has 4 rings (SSSR count). The lowest BCUT2D eigenvalue weighted by Gasteiger charge is -2.24. The number of fused-ring (bicyclic) bond motifs is 2. The quantitative estimate of drug-likeness (QED) is 0.535. The minimum atomic E-state index is -1.60. The van der Waals surface area contributed by atoms with E-state index in [2.05, 4.69) is 0 Å². The average Bonchev–Trinajstić information content (AvgIpc) is 2.91. The van der Waals surface area contributed by atoms with Crippen molar-refractivity contribution in [2.75, 3.05) is 18.5 Å². The molecule has 0 N–H and O–H groups in total. The summed E-state index contributed by atoms with van der Waals surface area (Å²) in [6.45, 7) is 0.481. The zero-order chi connectivity index (χ0) is 23.5. The highest BCUT2D eigenvalue weighted by molar-refractivity contribution is 7.85. The second kappa shape index (κ2) is 9.57. The molecule has 1 aliphatic heterocycles. The SMILES string of the molecule is CN(CCC#N)C(=O)c1ccc2c(c1)N(Cc1cccc(Cl)c1)C(=O)c1ccccc1[S@@]2=O. The molecule has 33 heavy (non-hydrogen) atoms. The zero-order valence-electron chi connectivity index (χ0n) is 17.8. The molecule has 2 amide bonds. The highest BCUT2D eigenvalue weighted by Gasteiger charge is 2.31. The van der Waals surface area contributed by atoms with E-state index in [1.807, 2.05) is 12.1 Å². The lowest BCUT2D eigenvalue weighted by Crippen LogP contribution is -2.31. The number of carbonyl (C=O) groups excluding carboxylic acids is 2. The smallest absolute Gasteiger partial charge is 0.259 e. The van der Waals surface area contributed by atoms with E-state index in [0.29, 0.717) is 31.6 Å². The Balaban J connectivity index is 1.84. The number of halogens is 1. The van der Waals surface area contributed by atoms with Gasteiger partial charge in [-0.2, -0.15) is 5.26 Å². The van der Waals surface area contributed by atoms with Gasteiger partial charge in [-0.25, -0.2) is 4.21 Å². The van der Waals surface area contributed by atoms with Crippen LogP contribution in [0.25, 0.3) is 0 Å². The first-order valence-electron chi connectivity index (χ1n) is 10.2. The van der Waals surface area contributed by atoms with Crippen LogP contribution in [0.3, 0.4) is 0 Å². The number of rotatable bonds is 5. The van der Waals surface area contributed by atoms with Crippen LogP contribution in [0.15, 0.2) is 76.5 Å². The first-order valence-corrected chi connectivity index (χ1v) is 11.8. The van der Waals surface area contributed by atoms with E-state index < -0.39 is 10.8 Å². The maximum Gasteiger partial charge on any atom is 0.259 e. The molecule has 0 bridgehead atoms. The molecular formula is C25H20ClN3O3S. The molecule has 0 aromatic heterocycles. The maximum atomic E-state index is 13.6. The first kappa shape index (κ1) is 22.7. The van der Waals surface area contributed by atoms with Crippen LogP contribution in [0.5, 0.6) is 0 Å². The summed E-state index contributed by atoms with van der Waals surface area (Å²) in [7, 11) is 0.0145. The van der Waals surface area contributed by atoms with Gasteiger partial charge in [-0.15, -0.1) is 0 Å². The van der Waals surface area contributed by atoms with E-state index in [1.165, 1.54) is 9.80 Å². The summed E-state index contributed by atoms with van der Waals surface area (Å²) in [6, 6.07) is 20.9. The van der Waals surface area contributed by atoms with Crippen molar-refractivity contribution in [1.82, 2.24) is 4.90 Å². The van der Waals surface area contributed by atoms with Gasteiger partial charge in [0.25, 0.3) is 11.8 Å². The summed E-state index contributed by atoms with van der Waals surface area (Å²) in [4.78, 5) is 30.4. The molecule has 0 spiro atoms. The molecule has 0 fully saturated rings. The van der Waals surface area contributed by atoms with Crippen LogP contribution >= 0.6 is 11.6 Å². The van der Waals surface area contributed by atoms with Crippen molar-refractivity contribution in [3.05, 3.63) is 88.4 Å². The summed E-state index contributed by atoms with van der Waals surface area (Å²) < 4.78 is 13.5. The largest absolute Gasteiger partial charge is 0.341 e. The molecule has 1 aliphatic rings. The van der Waals surface area contributed by atoms with Crippen molar-refractivity contribution >= 4 is 39.9 Å². The summed E-state index contributed by atoms with van der Waals surface area (Å²) >= 11 is 6.15. The van der Waals surface area contributed by atoms with Crippen LogP contribution in [-0.4, -0.2) is 34.5 Å². The fourth-order valence-electron chi connectivity index (χ4n) is 3.71. The monoisotopic (exact) mass is 477 g/mol. The predicted molar refractivity (Wildman–Crippen MR) is 127 cm³/mol. The minimum Gasteiger partial charge on any atom is -0.341 e. The van der Waals surface area contributed by atoms with Crippen LogP contribution in [0.2, 0.25) is 5.02 Å². The molecule has 8 heteroatoms. The molecule has 0 saturated heterocycles. The Bertz CT molecular complexity index is 1320. The van der Waals surface area contributed by atoms with Gasteiger partial charge >= 0.3 is 0 Å². The Labute approximate surface area is 199 Å². The number of nitriles is 1.